The van der Waals surface area contributed by atoms with E-state index in [1.165, 1.54) is 45.2 Å². The first-order valence-corrected chi connectivity index (χ1v) is 15.1. The number of alkyl halides is 3. The molecule has 4 aromatic rings. The van der Waals surface area contributed by atoms with Crippen molar-refractivity contribution < 1.29 is 51.6 Å². The number of aliphatic hydroxyl groups is 2. The van der Waals surface area contributed by atoms with Crippen LogP contribution >= 0.6 is 0 Å². The smallest absolute Gasteiger partial charge is 0.424 e. The number of hydrogen-bond acceptors (Lipinski definition) is 9. The minimum atomic E-state index is -5.44. The number of nitrogens with one attached hydrogen (secondary N) is 2. The number of benzene rings is 2. The number of rotatable bonds is 11. The SMILES string of the molecule is CC(C)(O)CNC(=O)[C@@]1(C)COc2c1cc(C(O)(CNC(=O)c1cc(OCC(N)=O)c3ncccc3c1)C(F)(F)F)nc2-c1ccc(F)cc1. The Bertz CT molecular complexity index is 1970. The number of ether oxygens (including phenoxy) is 2. The van der Waals surface area contributed by atoms with Gasteiger partial charge in [0.05, 0.1) is 17.8 Å². The van der Waals surface area contributed by atoms with Crippen LogP contribution in [0.25, 0.3) is 22.2 Å². The Balaban J connectivity index is 1.57. The zero-order valence-electron chi connectivity index (χ0n) is 27.0. The number of pyridine rings is 2. The molecule has 6 N–H and O–H groups in total. The Labute approximate surface area is 282 Å². The van der Waals surface area contributed by atoms with E-state index in [9.17, 15) is 42.2 Å². The summed E-state index contributed by atoms with van der Waals surface area (Å²) in [6.07, 6.45) is -4.01. The minimum Gasteiger partial charge on any atom is -0.489 e. The van der Waals surface area contributed by atoms with Crippen molar-refractivity contribution in [3.05, 3.63) is 83.4 Å². The standard InChI is InChI=1S/C34H33F4N5O7/c1-31(2,47)15-42-30(46)32(3)17-50-28-22(32)13-24(43-27(28)18-6-8-21(35)9-7-18)33(48,34(36,37)38)16-41-29(45)20-11-19-5-4-10-40-26(19)23(12-20)49-14-25(39)44/h4-13,47-48H,14-17H2,1-3H3,(H2,39,44)(H,41,45)(H,42,46)/t32-,33?/m0/s1. The summed E-state index contributed by atoms with van der Waals surface area (Å²) in [5.74, 6) is -3.31. The Morgan fingerprint density at radius 3 is 2.38 bits per heavy atom. The van der Waals surface area contributed by atoms with Gasteiger partial charge in [0, 0.05) is 34.8 Å². The third-order valence-corrected chi connectivity index (χ3v) is 8.07. The lowest BCUT2D eigenvalue weighted by Gasteiger charge is -2.32. The summed E-state index contributed by atoms with van der Waals surface area (Å²) < 4.78 is 69.8. The van der Waals surface area contributed by atoms with Crippen molar-refractivity contribution >= 4 is 28.6 Å². The van der Waals surface area contributed by atoms with E-state index in [0.717, 1.165) is 24.3 Å². The van der Waals surface area contributed by atoms with Gasteiger partial charge in [-0.1, -0.05) is 6.07 Å². The van der Waals surface area contributed by atoms with E-state index in [4.69, 9.17) is 15.2 Å². The van der Waals surface area contributed by atoms with Crippen LogP contribution in [0.2, 0.25) is 0 Å². The topological polar surface area (TPSA) is 186 Å². The van der Waals surface area contributed by atoms with Gasteiger partial charge in [0.25, 0.3) is 11.8 Å². The Morgan fingerprint density at radius 1 is 1.04 bits per heavy atom. The van der Waals surface area contributed by atoms with Crippen molar-refractivity contribution in [1.29, 1.82) is 0 Å². The maximum absolute atomic E-state index is 14.9. The Kier molecular flexibility index (Phi) is 9.47. The molecule has 12 nitrogen and oxygen atoms in total. The van der Waals surface area contributed by atoms with E-state index in [1.807, 2.05) is 0 Å². The fourth-order valence-corrected chi connectivity index (χ4v) is 5.27. The van der Waals surface area contributed by atoms with Crippen molar-refractivity contribution in [1.82, 2.24) is 20.6 Å². The van der Waals surface area contributed by atoms with Crippen molar-refractivity contribution in [2.45, 2.75) is 43.6 Å². The van der Waals surface area contributed by atoms with E-state index in [0.29, 0.717) is 5.39 Å². The predicted molar refractivity (Wildman–Crippen MR) is 171 cm³/mol. The quantitative estimate of drug-likeness (QED) is 0.147. The first-order valence-electron chi connectivity index (χ1n) is 15.1. The molecule has 0 spiro atoms. The van der Waals surface area contributed by atoms with E-state index < -0.39 is 65.2 Å². The van der Waals surface area contributed by atoms with Gasteiger partial charge in [-0.15, -0.1) is 0 Å². The van der Waals surface area contributed by atoms with Crippen LogP contribution in [-0.4, -0.2) is 76.0 Å². The number of nitrogens with zero attached hydrogens (tertiary/aromatic N) is 2. The number of fused-ring (bicyclic) bond motifs is 2. The molecule has 2 aromatic heterocycles. The highest BCUT2D eigenvalue weighted by molar-refractivity contribution is 6.00. The number of nitrogens with two attached hydrogens (primary N) is 1. The molecule has 0 fully saturated rings. The maximum atomic E-state index is 14.9. The van der Waals surface area contributed by atoms with Gasteiger partial charge in [-0.2, -0.15) is 13.2 Å². The predicted octanol–water partition coefficient (Wildman–Crippen LogP) is 3.02. The van der Waals surface area contributed by atoms with E-state index in [1.54, 1.807) is 12.1 Å². The number of hydrogen-bond donors (Lipinski definition) is 5. The third kappa shape index (κ3) is 7.16. The van der Waals surface area contributed by atoms with Crippen molar-refractivity contribution in [2.24, 2.45) is 5.73 Å². The van der Waals surface area contributed by atoms with Gasteiger partial charge >= 0.3 is 6.18 Å². The summed E-state index contributed by atoms with van der Waals surface area (Å²) in [5, 5.41) is 26.6. The van der Waals surface area contributed by atoms with Crippen LogP contribution in [0.5, 0.6) is 11.5 Å². The molecule has 2 aromatic carbocycles. The number of amides is 3. The Morgan fingerprint density at radius 2 is 1.74 bits per heavy atom. The molecule has 3 heterocycles. The minimum absolute atomic E-state index is 0.0375. The van der Waals surface area contributed by atoms with Gasteiger partial charge < -0.3 is 36.1 Å². The number of carbonyl (C=O) groups is 3. The lowest BCUT2D eigenvalue weighted by Crippen LogP contribution is -2.52. The second-order valence-electron chi connectivity index (χ2n) is 12.7. The fourth-order valence-electron chi connectivity index (χ4n) is 5.27. The summed E-state index contributed by atoms with van der Waals surface area (Å²) in [6, 6.07) is 11.1. The zero-order chi connectivity index (χ0) is 36.6. The molecule has 0 aliphatic carbocycles. The molecule has 0 saturated heterocycles. The summed E-state index contributed by atoms with van der Waals surface area (Å²) in [7, 11) is 0. The van der Waals surface area contributed by atoms with E-state index in [-0.39, 0.29) is 52.6 Å². The van der Waals surface area contributed by atoms with Crippen molar-refractivity contribution in [3.63, 3.8) is 0 Å². The van der Waals surface area contributed by atoms with Gasteiger partial charge in [0.15, 0.2) is 6.61 Å². The van der Waals surface area contributed by atoms with Crippen molar-refractivity contribution in [3.8, 4) is 22.8 Å². The molecule has 5 rings (SSSR count). The largest absolute Gasteiger partial charge is 0.489 e. The lowest BCUT2D eigenvalue weighted by atomic mass is 9.81. The molecule has 0 radical (unpaired) electrons. The lowest BCUT2D eigenvalue weighted by molar-refractivity contribution is -0.265. The monoisotopic (exact) mass is 699 g/mol. The summed E-state index contributed by atoms with van der Waals surface area (Å²) >= 11 is 0. The van der Waals surface area contributed by atoms with Crippen LogP contribution < -0.4 is 25.8 Å². The highest BCUT2D eigenvalue weighted by Crippen LogP contribution is 2.48. The van der Waals surface area contributed by atoms with Crippen LogP contribution in [-0.2, 0) is 20.6 Å². The molecule has 264 valence electrons. The van der Waals surface area contributed by atoms with Crippen LogP contribution in [0.3, 0.4) is 0 Å². The number of aromatic nitrogens is 2. The van der Waals surface area contributed by atoms with Crippen LogP contribution in [0.15, 0.2) is 60.8 Å². The van der Waals surface area contributed by atoms with Gasteiger partial charge in [0.2, 0.25) is 11.5 Å². The normalized spacial score (nSPS) is 17.0. The molecule has 2 atom stereocenters. The van der Waals surface area contributed by atoms with E-state index >= 15 is 0 Å². The van der Waals surface area contributed by atoms with Crippen molar-refractivity contribution in [2.75, 3.05) is 26.3 Å². The molecule has 0 saturated carbocycles. The highest BCUT2D eigenvalue weighted by Gasteiger charge is 2.58. The van der Waals surface area contributed by atoms with Gasteiger partial charge in [-0.3, -0.25) is 19.4 Å². The highest BCUT2D eigenvalue weighted by atomic mass is 19.4. The zero-order valence-corrected chi connectivity index (χ0v) is 27.0. The van der Waals surface area contributed by atoms with Crippen LogP contribution in [0, 0.1) is 5.82 Å². The average Bonchev–Trinajstić information content (AvgIpc) is 3.41. The number of halogens is 4. The molecule has 3 amide bonds. The third-order valence-electron chi connectivity index (χ3n) is 8.07. The van der Waals surface area contributed by atoms with Crippen LogP contribution in [0.4, 0.5) is 17.6 Å². The van der Waals surface area contributed by atoms with Gasteiger partial charge in [0.1, 0.15) is 40.5 Å². The second-order valence-corrected chi connectivity index (χ2v) is 12.7. The average molecular weight is 700 g/mol. The Hall–Kier alpha value is -5.35. The first kappa shape index (κ1) is 35.9. The van der Waals surface area contributed by atoms with Crippen LogP contribution in [0.1, 0.15) is 42.4 Å². The summed E-state index contributed by atoms with van der Waals surface area (Å²) in [5.41, 5.74) is -2.69. The molecule has 1 unspecified atom stereocenters. The second kappa shape index (κ2) is 13.2. The van der Waals surface area contributed by atoms with Gasteiger partial charge in [-0.05, 0) is 69.3 Å². The molecular weight excluding hydrogens is 666 g/mol. The molecule has 50 heavy (non-hydrogen) atoms. The first-order chi connectivity index (χ1) is 23.3. The molecule has 1 aliphatic heterocycles. The molecule has 0 bridgehead atoms. The van der Waals surface area contributed by atoms with Gasteiger partial charge in [-0.25, -0.2) is 9.37 Å². The summed E-state index contributed by atoms with van der Waals surface area (Å²) in [4.78, 5) is 46.4. The van der Waals surface area contributed by atoms with E-state index in [2.05, 4.69) is 20.6 Å². The number of primary amides is 1. The molecule has 1 aliphatic rings. The maximum Gasteiger partial charge on any atom is 0.424 e. The molecular formula is C34H33F4N5O7. The molecule has 16 heteroatoms. The number of carbonyl (C=O) groups excluding carboxylic acids is 3. The fraction of sp³-hybridized carbons (Fsp3) is 0.324. The summed E-state index contributed by atoms with van der Waals surface area (Å²) in [6.45, 7) is 1.78.